The zero-order chi connectivity index (χ0) is 29.0. The summed E-state index contributed by atoms with van der Waals surface area (Å²) >= 11 is 6.91. The number of aromatic nitrogens is 2. The van der Waals surface area contributed by atoms with Gasteiger partial charge in [-0.2, -0.15) is 4.98 Å². The summed E-state index contributed by atoms with van der Waals surface area (Å²) in [6, 6.07) is 4.97. The highest BCUT2D eigenvalue weighted by atomic mass is 35.5. The molecule has 41 heavy (non-hydrogen) atoms. The first-order chi connectivity index (χ1) is 19.7. The van der Waals surface area contributed by atoms with Gasteiger partial charge in [-0.3, -0.25) is 9.36 Å². The third-order valence-corrected chi connectivity index (χ3v) is 9.28. The Morgan fingerprint density at radius 2 is 1.95 bits per heavy atom. The molecular formula is C31H34ClF2N5O2. The quantitative estimate of drug-likeness (QED) is 0.375. The van der Waals surface area contributed by atoms with Crippen LogP contribution in [0.25, 0.3) is 22.0 Å². The number of likely N-dealkylation sites (tertiary alicyclic amines) is 1. The number of hydrogen-bond acceptors (Lipinski definition) is 5. The molecule has 6 rings (SSSR count). The maximum atomic E-state index is 15.1. The van der Waals surface area contributed by atoms with E-state index in [1.807, 2.05) is 13.8 Å². The van der Waals surface area contributed by atoms with Crippen LogP contribution in [0, 0.1) is 11.6 Å². The van der Waals surface area contributed by atoms with E-state index >= 15 is 4.39 Å². The Kier molecular flexibility index (Phi) is 7.36. The molecule has 7 nitrogen and oxygen atoms in total. The summed E-state index contributed by atoms with van der Waals surface area (Å²) in [5, 5.41) is 1.05. The highest BCUT2D eigenvalue weighted by Crippen LogP contribution is 2.44. The van der Waals surface area contributed by atoms with E-state index < -0.39 is 11.6 Å². The number of anilines is 1. The van der Waals surface area contributed by atoms with Crippen LogP contribution in [0.4, 0.5) is 14.6 Å². The van der Waals surface area contributed by atoms with Gasteiger partial charge in [0.1, 0.15) is 17.5 Å². The van der Waals surface area contributed by atoms with Crippen molar-refractivity contribution in [2.45, 2.75) is 57.7 Å². The SMILES string of the molecule is C=CC(=O)N1C[C@H](C)N(c2nc(=O)n3c4c(c(-c5ccc(F)cc5F)c(Cl)cc24)CCC3CCN2CCC2)C[C@H]1C. The molecule has 3 aliphatic heterocycles. The molecule has 10 heteroatoms. The molecule has 2 fully saturated rings. The van der Waals surface area contributed by atoms with Crippen molar-refractivity contribution in [1.82, 2.24) is 19.4 Å². The average Bonchev–Trinajstić information content (AvgIpc) is 2.91. The molecule has 4 heterocycles. The fourth-order valence-electron chi connectivity index (χ4n) is 6.72. The highest BCUT2D eigenvalue weighted by molar-refractivity contribution is 6.34. The number of carbonyl (C=O) groups excluding carboxylic acids is 1. The van der Waals surface area contributed by atoms with Crippen LogP contribution in [-0.4, -0.2) is 70.1 Å². The van der Waals surface area contributed by atoms with E-state index in [1.54, 1.807) is 15.5 Å². The number of piperazine rings is 1. The lowest BCUT2D eigenvalue weighted by Gasteiger charge is -2.45. The lowest BCUT2D eigenvalue weighted by Crippen LogP contribution is -2.58. The third-order valence-electron chi connectivity index (χ3n) is 8.98. The first-order valence-electron chi connectivity index (χ1n) is 14.3. The van der Waals surface area contributed by atoms with E-state index in [1.165, 1.54) is 24.6 Å². The molecule has 216 valence electrons. The molecule has 0 aliphatic carbocycles. The summed E-state index contributed by atoms with van der Waals surface area (Å²) < 4.78 is 30.7. The van der Waals surface area contributed by atoms with E-state index in [0.29, 0.717) is 47.9 Å². The average molecular weight is 582 g/mol. The number of nitrogens with zero attached hydrogens (tertiary/aromatic N) is 5. The van der Waals surface area contributed by atoms with Gasteiger partial charge in [0.15, 0.2) is 0 Å². The number of rotatable bonds is 6. The number of aryl methyl sites for hydroxylation is 1. The lowest BCUT2D eigenvalue weighted by atomic mass is 9.88. The van der Waals surface area contributed by atoms with Crippen molar-refractivity contribution in [2.75, 3.05) is 37.6 Å². The van der Waals surface area contributed by atoms with E-state index in [4.69, 9.17) is 11.6 Å². The molecule has 1 amide bonds. The second kappa shape index (κ2) is 10.8. The van der Waals surface area contributed by atoms with E-state index in [-0.39, 0.29) is 35.3 Å². The van der Waals surface area contributed by atoms with Gasteiger partial charge >= 0.3 is 5.69 Å². The summed E-state index contributed by atoms with van der Waals surface area (Å²) in [6.07, 6.45) is 4.63. The Labute approximate surface area is 243 Å². The van der Waals surface area contributed by atoms with Crippen LogP contribution in [0.3, 0.4) is 0 Å². The van der Waals surface area contributed by atoms with Gasteiger partial charge in [0.05, 0.1) is 5.52 Å². The van der Waals surface area contributed by atoms with Crippen LogP contribution in [0.1, 0.15) is 44.7 Å². The molecule has 1 unspecified atom stereocenters. The predicted molar refractivity (Wildman–Crippen MR) is 158 cm³/mol. The molecule has 3 atom stereocenters. The molecule has 3 aromatic rings. The second-order valence-electron chi connectivity index (χ2n) is 11.5. The number of benzene rings is 2. The number of amides is 1. The van der Waals surface area contributed by atoms with Crippen LogP contribution >= 0.6 is 11.6 Å². The standard InChI is InChI=1S/C31H34ClF2N5O2/c1-4-27(40)37-16-19(3)38(17-18(37)2)30-24-15-25(32)28(22-8-6-20(33)14-26(22)34)23-9-7-21(10-13-36-11-5-12-36)39(29(23)24)31(41)35-30/h4,6,8,14-15,18-19,21H,1,5,7,9-13,16-17H2,2-3H3/t18-,19+,21?/m1/s1. The van der Waals surface area contributed by atoms with E-state index in [0.717, 1.165) is 43.1 Å². The fraction of sp³-hybridized carbons (Fsp3) is 0.452. The van der Waals surface area contributed by atoms with Crippen LogP contribution in [0.5, 0.6) is 0 Å². The van der Waals surface area contributed by atoms with Gasteiger partial charge in [-0.15, -0.1) is 0 Å². The lowest BCUT2D eigenvalue weighted by molar-refractivity contribution is -0.128. The number of halogens is 3. The Bertz CT molecular complexity index is 1600. The molecule has 2 saturated heterocycles. The smallest absolute Gasteiger partial charge is 0.349 e. The second-order valence-corrected chi connectivity index (χ2v) is 11.9. The molecule has 0 N–H and O–H groups in total. The fourth-order valence-corrected chi connectivity index (χ4v) is 7.04. The van der Waals surface area contributed by atoms with Gasteiger partial charge in [0.2, 0.25) is 5.91 Å². The minimum Gasteiger partial charge on any atom is -0.349 e. The molecule has 0 bridgehead atoms. The topological polar surface area (TPSA) is 61.7 Å². The first kappa shape index (κ1) is 27.8. The first-order valence-corrected chi connectivity index (χ1v) is 14.7. The number of hydrogen-bond donors (Lipinski definition) is 0. The summed E-state index contributed by atoms with van der Waals surface area (Å²) in [5.41, 5.74) is 1.85. The van der Waals surface area contributed by atoms with Crippen molar-refractivity contribution >= 4 is 34.2 Å². The molecular weight excluding hydrogens is 548 g/mol. The molecule has 0 radical (unpaired) electrons. The molecule has 2 aromatic carbocycles. The minimum atomic E-state index is -0.698. The molecule has 0 saturated carbocycles. The van der Waals surface area contributed by atoms with E-state index in [2.05, 4.69) is 21.4 Å². The van der Waals surface area contributed by atoms with Gasteiger partial charge in [-0.25, -0.2) is 13.6 Å². The van der Waals surface area contributed by atoms with E-state index in [9.17, 15) is 14.0 Å². The maximum absolute atomic E-state index is 15.1. The van der Waals surface area contributed by atoms with Gasteiger partial charge < -0.3 is 14.7 Å². The third kappa shape index (κ3) is 4.83. The van der Waals surface area contributed by atoms with Crippen molar-refractivity contribution in [3.8, 4) is 11.1 Å². The molecule has 0 spiro atoms. The van der Waals surface area contributed by atoms with Crippen molar-refractivity contribution in [1.29, 1.82) is 0 Å². The van der Waals surface area contributed by atoms with Gasteiger partial charge in [-0.05, 0) is 82.5 Å². The van der Waals surface area contributed by atoms with Crippen molar-refractivity contribution in [2.24, 2.45) is 0 Å². The van der Waals surface area contributed by atoms with Crippen molar-refractivity contribution < 1.29 is 13.6 Å². The summed E-state index contributed by atoms with van der Waals surface area (Å²) in [5.74, 6) is -0.976. The van der Waals surface area contributed by atoms with Gasteiger partial charge in [0, 0.05) is 65.4 Å². The zero-order valence-corrected chi connectivity index (χ0v) is 24.1. The highest BCUT2D eigenvalue weighted by Gasteiger charge is 2.36. The predicted octanol–water partition coefficient (Wildman–Crippen LogP) is 5.19. The Hall–Kier alpha value is -3.30. The normalized spacial score (nSPS) is 22.6. The van der Waals surface area contributed by atoms with Crippen LogP contribution < -0.4 is 10.6 Å². The van der Waals surface area contributed by atoms with Crippen molar-refractivity contribution in [3.05, 3.63) is 69.6 Å². The Balaban J connectivity index is 1.53. The van der Waals surface area contributed by atoms with Crippen LogP contribution in [0.15, 0.2) is 41.7 Å². The molecule has 1 aromatic heterocycles. The van der Waals surface area contributed by atoms with Crippen LogP contribution in [0.2, 0.25) is 5.02 Å². The Morgan fingerprint density at radius 3 is 2.63 bits per heavy atom. The van der Waals surface area contributed by atoms with Gasteiger partial charge in [0.25, 0.3) is 0 Å². The monoisotopic (exact) mass is 581 g/mol. The zero-order valence-electron chi connectivity index (χ0n) is 23.4. The minimum absolute atomic E-state index is 0.0508. The Morgan fingerprint density at radius 1 is 1.17 bits per heavy atom. The van der Waals surface area contributed by atoms with Crippen molar-refractivity contribution in [3.63, 3.8) is 0 Å². The summed E-state index contributed by atoms with van der Waals surface area (Å²) in [7, 11) is 0. The summed E-state index contributed by atoms with van der Waals surface area (Å²) in [4.78, 5) is 37.2. The number of carbonyl (C=O) groups is 1. The van der Waals surface area contributed by atoms with Gasteiger partial charge in [-0.1, -0.05) is 18.2 Å². The van der Waals surface area contributed by atoms with Crippen LogP contribution in [-0.2, 0) is 11.2 Å². The molecule has 3 aliphatic rings. The summed E-state index contributed by atoms with van der Waals surface area (Å²) in [6.45, 7) is 11.6. The largest absolute Gasteiger partial charge is 0.350 e. The maximum Gasteiger partial charge on any atom is 0.350 e.